The summed E-state index contributed by atoms with van der Waals surface area (Å²) in [5, 5.41) is 15.7. The fourth-order valence-electron chi connectivity index (χ4n) is 3.89. The van der Waals surface area contributed by atoms with Gasteiger partial charge in [-0.25, -0.2) is 4.39 Å². The Morgan fingerprint density at radius 3 is 2.52 bits per heavy atom. The number of carbonyl (C=O) groups excluding carboxylic acids is 1. The molecule has 2 N–H and O–H groups in total. The van der Waals surface area contributed by atoms with Gasteiger partial charge in [-0.1, -0.05) is 31.0 Å². The fourth-order valence-corrected chi connectivity index (χ4v) is 4.68. The summed E-state index contributed by atoms with van der Waals surface area (Å²) in [5.74, 6) is 1.43. The fraction of sp³-hybridized carbons (Fsp3) is 0.375. The van der Waals surface area contributed by atoms with E-state index >= 15 is 0 Å². The molecule has 0 radical (unpaired) electrons. The first-order valence-electron chi connectivity index (χ1n) is 11.1. The maximum Gasteiger partial charge on any atom is 0.230 e. The summed E-state index contributed by atoms with van der Waals surface area (Å²) < 4.78 is 20.4. The molecule has 0 bridgehead atoms. The number of amides is 1. The number of anilines is 1. The van der Waals surface area contributed by atoms with Gasteiger partial charge in [0.05, 0.1) is 19.4 Å². The summed E-state index contributed by atoms with van der Waals surface area (Å²) in [4.78, 5) is 12.5. The summed E-state index contributed by atoms with van der Waals surface area (Å²) in [6, 6.07) is 14.0. The third kappa shape index (κ3) is 6.25. The zero-order chi connectivity index (χ0) is 23.0. The summed E-state index contributed by atoms with van der Waals surface area (Å²) in [6.07, 6.45) is 5.71. The van der Waals surface area contributed by atoms with Gasteiger partial charge in [-0.2, -0.15) is 0 Å². The molecule has 2 aromatic carbocycles. The molecule has 1 fully saturated rings. The molecule has 33 heavy (non-hydrogen) atoms. The van der Waals surface area contributed by atoms with E-state index in [1.54, 1.807) is 19.2 Å². The zero-order valence-electron chi connectivity index (χ0n) is 18.6. The number of nitrogens with zero attached hydrogens (tertiary/aromatic N) is 3. The molecular weight excluding hydrogens is 441 g/mol. The van der Waals surface area contributed by atoms with Crippen LogP contribution in [0.25, 0.3) is 5.69 Å². The lowest BCUT2D eigenvalue weighted by molar-refractivity contribution is -0.119. The molecule has 0 atom stereocenters. The van der Waals surface area contributed by atoms with Crippen LogP contribution in [0.15, 0.2) is 53.7 Å². The van der Waals surface area contributed by atoms with Crippen LogP contribution in [0.1, 0.15) is 37.9 Å². The van der Waals surface area contributed by atoms with E-state index in [1.807, 2.05) is 28.8 Å². The third-order valence-electron chi connectivity index (χ3n) is 5.63. The topological polar surface area (TPSA) is 81.1 Å². The van der Waals surface area contributed by atoms with E-state index in [-0.39, 0.29) is 23.5 Å². The number of thioether (sulfide) groups is 1. The lowest BCUT2D eigenvalue weighted by Gasteiger charge is -2.22. The minimum Gasteiger partial charge on any atom is -0.497 e. The third-order valence-corrected chi connectivity index (χ3v) is 6.56. The van der Waals surface area contributed by atoms with Gasteiger partial charge in [-0.15, -0.1) is 10.2 Å². The molecule has 0 aliphatic heterocycles. The van der Waals surface area contributed by atoms with Crippen LogP contribution in [0.4, 0.5) is 10.1 Å². The number of hydrogen-bond donors (Lipinski definition) is 2. The monoisotopic (exact) mass is 469 g/mol. The van der Waals surface area contributed by atoms with Gasteiger partial charge in [0.25, 0.3) is 0 Å². The second kappa shape index (κ2) is 11.2. The Kier molecular flexibility index (Phi) is 7.83. The van der Waals surface area contributed by atoms with E-state index in [1.165, 1.54) is 43.2 Å². The van der Waals surface area contributed by atoms with Crippen LogP contribution in [0.2, 0.25) is 0 Å². The van der Waals surface area contributed by atoms with Crippen molar-refractivity contribution in [3.05, 3.63) is 60.2 Å². The van der Waals surface area contributed by atoms with Crippen LogP contribution in [-0.4, -0.2) is 39.6 Å². The van der Waals surface area contributed by atoms with Gasteiger partial charge in [0.2, 0.25) is 5.91 Å². The highest BCUT2D eigenvalue weighted by atomic mass is 32.2. The molecule has 1 heterocycles. The first kappa shape index (κ1) is 23.1. The molecule has 1 aliphatic rings. The Labute approximate surface area is 197 Å². The van der Waals surface area contributed by atoms with E-state index in [2.05, 4.69) is 20.8 Å². The van der Waals surface area contributed by atoms with Crippen LogP contribution < -0.4 is 15.4 Å². The predicted molar refractivity (Wildman–Crippen MR) is 127 cm³/mol. The number of halogens is 1. The maximum absolute atomic E-state index is 13.2. The smallest absolute Gasteiger partial charge is 0.230 e. The molecule has 1 aromatic heterocycles. The molecular formula is C24H28FN5O2S. The lowest BCUT2D eigenvalue weighted by atomic mass is 9.95. The van der Waals surface area contributed by atoms with E-state index < -0.39 is 0 Å². The number of carbonyl (C=O) groups is 1. The number of rotatable bonds is 9. The van der Waals surface area contributed by atoms with Crippen molar-refractivity contribution in [1.82, 2.24) is 20.1 Å². The van der Waals surface area contributed by atoms with Gasteiger partial charge < -0.3 is 15.4 Å². The Morgan fingerprint density at radius 1 is 1.09 bits per heavy atom. The largest absolute Gasteiger partial charge is 0.497 e. The van der Waals surface area contributed by atoms with Crippen molar-refractivity contribution < 1.29 is 13.9 Å². The van der Waals surface area contributed by atoms with E-state index in [0.29, 0.717) is 17.5 Å². The van der Waals surface area contributed by atoms with E-state index in [0.717, 1.165) is 30.0 Å². The number of nitrogens with one attached hydrogen (secondary N) is 2. The van der Waals surface area contributed by atoms with Gasteiger partial charge in [0.15, 0.2) is 11.0 Å². The van der Waals surface area contributed by atoms with Gasteiger partial charge in [-0.3, -0.25) is 9.36 Å². The highest BCUT2D eigenvalue weighted by Crippen LogP contribution is 2.25. The predicted octanol–water partition coefficient (Wildman–Crippen LogP) is 4.57. The minimum atomic E-state index is -0.285. The van der Waals surface area contributed by atoms with Crippen molar-refractivity contribution in [3.63, 3.8) is 0 Å². The van der Waals surface area contributed by atoms with E-state index in [4.69, 9.17) is 4.74 Å². The summed E-state index contributed by atoms with van der Waals surface area (Å²) in [6.45, 7) is 0.388. The number of benzene rings is 2. The number of hydrogen-bond acceptors (Lipinski definition) is 6. The average Bonchev–Trinajstić information content (AvgIpc) is 3.26. The van der Waals surface area contributed by atoms with Crippen molar-refractivity contribution >= 4 is 23.4 Å². The maximum atomic E-state index is 13.2. The average molecular weight is 470 g/mol. The molecule has 1 aliphatic carbocycles. The second-order valence-corrected chi connectivity index (χ2v) is 8.93. The molecule has 0 unspecified atom stereocenters. The standard InChI is InChI=1S/C24H28FN5O2S/c1-32-21-13-11-20(12-14-21)30-22(15-26-18-9-7-17(25)8-10-18)28-29-24(30)33-16-23(31)27-19-5-3-2-4-6-19/h7-14,19,26H,2-6,15-16H2,1H3,(H,27,31). The summed E-state index contributed by atoms with van der Waals surface area (Å²) >= 11 is 1.36. The highest BCUT2D eigenvalue weighted by Gasteiger charge is 2.19. The second-order valence-electron chi connectivity index (χ2n) is 7.98. The molecule has 7 nitrogen and oxygen atoms in total. The first-order chi connectivity index (χ1) is 16.1. The first-order valence-corrected chi connectivity index (χ1v) is 12.1. The quantitative estimate of drug-likeness (QED) is 0.447. The Hall–Kier alpha value is -3.07. The molecule has 1 amide bonds. The lowest BCUT2D eigenvalue weighted by Crippen LogP contribution is -2.37. The Morgan fingerprint density at radius 2 is 1.82 bits per heavy atom. The van der Waals surface area contributed by atoms with Gasteiger partial charge in [0, 0.05) is 17.4 Å². The van der Waals surface area contributed by atoms with Crippen LogP contribution in [-0.2, 0) is 11.3 Å². The zero-order valence-corrected chi connectivity index (χ0v) is 19.4. The Balaban J connectivity index is 1.48. The van der Waals surface area contributed by atoms with Crippen molar-refractivity contribution in [3.8, 4) is 11.4 Å². The molecule has 9 heteroatoms. The summed E-state index contributed by atoms with van der Waals surface area (Å²) in [7, 11) is 1.62. The van der Waals surface area contributed by atoms with Crippen molar-refractivity contribution in [2.45, 2.75) is 49.8 Å². The van der Waals surface area contributed by atoms with Gasteiger partial charge >= 0.3 is 0 Å². The number of ether oxygens (including phenoxy) is 1. The van der Waals surface area contributed by atoms with Crippen LogP contribution in [0, 0.1) is 5.82 Å². The summed E-state index contributed by atoms with van der Waals surface area (Å²) in [5.41, 5.74) is 1.65. The molecule has 4 rings (SSSR count). The molecule has 0 saturated heterocycles. The highest BCUT2D eigenvalue weighted by molar-refractivity contribution is 7.99. The SMILES string of the molecule is COc1ccc(-n2c(CNc3ccc(F)cc3)nnc2SCC(=O)NC2CCCCC2)cc1. The van der Waals surface area contributed by atoms with E-state index in [9.17, 15) is 9.18 Å². The van der Waals surface area contributed by atoms with Crippen LogP contribution in [0.3, 0.4) is 0 Å². The van der Waals surface area contributed by atoms with Crippen LogP contribution in [0.5, 0.6) is 5.75 Å². The molecule has 1 saturated carbocycles. The molecule has 0 spiro atoms. The minimum absolute atomic E-state index is 0.0159. The molecule has 174 valence electrons. The van der Waals surface area contributed by atoms with Crippen molar-refractivity contribution in [2.24, 2.45) is 0 Å². The van der Waals surface area contributed by atoms with Crippen molar-refractivity contribution in [1.29, 1.82) is 0 Å². The molecule has 3 aromatic rings. The van der Waals surface area contributed by atoms with Gasteiger partial charge in [-0.05, 0) is 61.4 Å². The Bertz CT molecular complexity index is 1050. The number of aromatic nitrogens is 3. The normalized spacial score (nSPS) is 14.1. The van der Waals surface area contributed by atoms with Gasteiger partial charge in [0.1, 0.15) is 11.6 Å². The van der Waals surface area contributed by atoms with Crippen LogP contribution >= 0.6 is 11.8 Å². The number of methoxy groups -OCH3 is 1. The van der Waals surface area contributed by atoms with Crippen molar-refractivity contribution in [2.75, 3.05) is 18.2 Å².